The predicted molar refractivity (Wildman–Crippen MR) is 61.3 cm³/mol. The Morgan fingerprint density at radius 3 is 2.50 bits per heavy atom. The number of hydrogen-bond donors (Lipinski definition) is 4. The minimum atomic E-state index is -0.769. The van der Waals surface area contributed by atoms with Crippen LogP contribution in [0.1, 0.15) is 26.7 Å². The topological polar surface area (TPSA) is 81.6 Å². The van der Waals surface area contributed by atoms with Crippen LogP contribution in [0.3, 0.4) is 0 Å². The van der Waals surface area contributed by atoms with E-state index in [2.05, 4.69) is 24.5 Å². The summed E-state index contributed by atoms with van der Waals surface area (Å²) in [5, 5.41) is 24.2. The quantitative estimate of drug-likeness (QED) is 0.487. The molecule has 1 fully saturated rings. The SMILES string of the molecule is CC(C)(CCO)CNC1(CC(=O)O)CNC1. The van der Waals surface area contributed by atoms with Crippen molar-refractivity contribution in [3.05, 3.63) is 0 Å². The highest BCUT2D eigenvalue weighted by Gasteiger charge is 2.39. The molecule has 0 aromatic carbocycles. The van der Waals surface area contributed by atoms with Gasteiger partial charge in [0.15, 0.2) is 0 Å². The second kappa shape index (κ2) is 5.12. The number of nitrogens with one attached hydrogen (secondary N) is 2. The molecule has 1 rings (SSSR count). The van der Waals surface area contributed by atoms with E-state index in [4.69, 9.17) is 10.2 Å². The van der Waals surface area contributed by atoms with Crippen molar-refractivity contribution in [3.8, 4) is 0 Å². The van der Waals surface area contributed by atoms with Crippen LogP contribution in [0.5, 0.6) is 0 Å². The molecule has 0 radical (unpaired) electrons. The Bertz CT molecular complexity index is 250. The normalized spacial score (nSPS) is 19.2. The molecule has 1 heterocycles. The number of hydrogen-bond acceptors (Lipinski definition) is 4. The lowest BCUT2D eigenvalue weighted by molar-refractivity contribution is -0.139. The van der Waals surface area contributed by atoms with Crippen LogP contribution >= 0.6 is 0 Å². The molecule has 0 aromatic heterocycles. The number of aliphatic carboxylic acids is 1. The second-order valence-corrected chi connectivity index (χ2v) is 5.45. The molecule has 0 bridgehead atoms. The molecule has 4 N–H and O–H groups in total. The summed E-state index contributed by atoms with van der Waals surface area (Å²) in [5.74, 6) is -0.769. The van der Waals surface area contributed by atoms with Crippen molar-refractivity contribution < 1.29 is 15.0 Å². The Kier molecular flexibility index (Phi) is 4.29. The lowest BCUT2D eigenvalue weighted by atomic mass is 9.84. The van der Waals surface area contributed by atoms with E-state index in [0.29, 0.717) is 13.1 Å². The van der Waals surface area contributed by atoms with Gasteiger partial charge >= 0.3 is 5.97 Å². The summed E-state index contributed by atoms with van der Waals surface area (Å²) in [4.78, 5) is 10.8. The van der Waals surface area contributed by atoms with Crippen LogP contribution in [-0.4, -0.2) is 48.0 Å². The molecule has 5 nitrogen and oxygen atoms in total. The van der Waals surface area contributed by atoms with Crippen molar-refractivity contribution in [3.63, 3.8) is 0 Å². The fourth-order valence-electron chi connectivity index (χ4n) is 1.85. The Morgan fingerprint density at radius 1 is 1.50 bits per heavy atom. The fourth-order valence-corrected chi connectivity index (χ4v) is 1.85. The average Bonchev–Trinajstić information content (AvgIpc) is 2.09. The van der Waals surface area contributed by atoms with E-state index in [9.17, 15) is 4.79 Å². The van der Waals surface area contributed by atoms with E-state index in [1.807, 2.05) is 0 Å². The molecule has 0 amide bonds. The lowest BCUT2D eigenvalue weighted by Gasteiger charge is -2.44. The highest BCUT2D eigenvalue weighted by Crippen LogP contribution is 2.22. The molecule has 0 aliphatic carbocycles. The molecule has 0 atom stereocenters. The molecule has 5 heteroatoms. The minimum Gasteiger partial charge on any atom is -0.481 e. The smallest absolute Gasteiger partial charge is 0.305 e. The van der Waals surface area contributed by atoms with Gasteiger partial charge in [0.1, 0.15) is 0 Å². The molecular weight excluding hydrogens is 208 g/mol. The third-order valence-electron chi connectivity index (χ3n) is 3.15. The van der Waals surface area contributed by atoms with Gasteiger partial charge in [0, 0.05) is 26.2 Å². The third kappa shape index (κ3) is 3.73. The summed E-state index contributed by atoms with van der Waals surface area (Å²) < 4.78 is 0. The molecule has 0 aromatic rings. The van der Waals surface area contributed by atoms with Gasteiger partial charge < -0.3 is 20.8 Å². The first-order valence-corrected chi connectivity index (χ1v) is 5.68. The van der Waals surface area contributed by atoms with Crippen LogP contribution in [0.25, 0.3) is 0 Å². The molecule has 1 aliphatic heterocycles. The molecular formula is C11H22N2O3. The van der Waals surface area contributed by atoms with Crippen molar-refractivity contribution in [2.24, 2.45) is 5.41 Å². The Morgan fingerprint density at radius 2 is 2.12 bits per heavy atom. The van der Waals surface area contributed by atoms with Crippen LogP contribution in [0.15, 0.2) is 0 Å². The number of rotatable bonds is 7. The number of carboxylic acids is 1. The molecule has 1 aliphatic rings. The van der Waals surface area contributed by atoms with Gasteiger partial charge in [-0.25, -0.2) is 0 Å². The number of carbonyl (C=O) groups is 1. The molecule has 0 saturated carbocycles. The Labute approximate surface area is 96.2 Å². The highest BCUT2D eigenvalue weighted by atomic mass is 16.4. The van der Waals surface area contributed by atoms with Gasteiger partial charge in [-0.05, 0) is 11.8 Å². The van der Waals surface area contributed by atoms with Gasteiger partial charge in [0.25, 0.3) is 0 Å². The van der Waals surface area contributed by atoms with E-state index in [1.54, 1.807) is 0 Å². The van der Waals surface area contributed by atoms with Crippen LogP contribution < -0.4 is 10.6 Å². The van der Waals surface area contributed by atoms with Gasteiger partial charge in [-0.15, -0.1) is 0 Å². The van der Waals surface area contributed by atoms with Gasteiger partial charge in [0.2, 0.25) is 0 Å². The summed E-state index contributed by atoms with van der Waals surface area (Å²) in [6.07, 6.45) is 0.867. The molecule has 1 saturated heterocycles. The van der Waals surface area contributed by atoms with E-state index < -0.39 is 5.97 Å². The van der Waals surface area contributed by atoms with E-state index >= 15 is 0 Å². The third-order valence-corrected chi connectivity index (χ3v) is 3.15. The maximum atomic E-state index is 10.8. The van der Waals surface area contributed by atoms with Crippen LogP contribution in [0.2, 0.25) is 0 Å². The van der Waals surface area contributed by atoms with Crippen molar-refractivity contribution in [2.45, 2.75) is 32.2 Å². The maximum Gasteiger partial charge on any atom is 0.305 e. The van der Waals surface area contributed by atoms with Crippen LogP contribution in [-0.2, 0) is 4.79 Å². The summed E-state index contributed by atoms with van der Waals surface area (Å²) in [5.41, 5.74) is -0.297. The molecule has 94 valence electrons. The van der Waals surface area contributed by atoms with Gasteiger partial charge in [-0.3, -0.25) is 4.79 Å². The maximum absolute atomic E-state index is 10.8. The van der Waals surface area contributed by atoms with Gasteiger partial charge in [-0.2, -0.15) is 0 Å². The molecule has 16 heavy (non-hydrogen) atoms. The first-order chi connectivity index (χ1) is 7.39. The Hall–Kier alpha value is -0.650. The monoisotopic (exact) mass is 230 g/mol. The predicted octanol–water partition coefficient (Wildman–Crippen LogP) is -0.199. The standard InChI is InChI=1S/C11H22N2O3/c1-10(2,3-4-14)6-13-11(5-9(15)16)7-12-8-11/h12-14H,3-8H2,1-2H3,(H,15,16). The van der Waals surface area contributed by atoms with E-state index in [1.165, 1.54) is 0 Å². The van der Waals surface area contributed by atoms with Crippen molar-refractivity contribution >= 4 is 5.97 Å². The van der Waals surface area contributed by atoms with Crippen molar-refractivity contribution in [2.75, 3.05) is 26.2 Å². The van der Waals surface area contributed by atoms with Crippen LogP contribution in [0.4, 0.5) is 0 Å². The summed E-state index contributed by atoms with van der Waals surface area (Å²) in [6.45, 7) is 6.43. The largest absolute Gasteiger partial charge is 0.481 e. The fraction of sp³-hybridized carbons (Fsp3) is 0.909. The summed E-state index contributed by atoms with van der Waals surface area (Å²) in [7, 11) is 0. The van der Waals surface area contributed by atoms with Gasteiger partial charge in [-0.1, -0.05) is 13.8 Å². The minimum absolute atomic E-state index is 0.00412. The van der Waals surface area contributed by atoms with Gasteiger partial charge in [0.05, 0.1) is 12.0 Å². The number of aliphatic hydroxyl groups is 1. The molecule has 0 spiro atoms. The second-order valence-electron chi connectivity index (χ2n) is 5.45. The zero-order valence-electron chi connectivity index (χ0n) is 10.0. The summed E-state index contributed by atoms with van der Waals surface area (Å²) >= 11 is 0. The Balaban J connectivity index is 2.42. The molecule has 0 unspecified atom stereocenters. The van der Waals surface area contributed by atoms with E-state index in [-0.39, 0.29) is 24.0 Å². The zero-order chi connectivity index (χ0) is 12.2. The summed E-state index contributed by atoms with van der Waals surface area (Å²) in [6, 6.07) is 0. The lowest BCUT2D eigenvalue weighted by Crippen LogP contribution is -2.69. The number of aliphatic hydroxyl groups excluding tert-OH is 1. The highest BCUT2D eigenvalue weighted by molar-refractivity contribution is 5.68. The van der Waals surface area contributed by atoms with E-state index in [0.717, 1.165) is 13.0 Å². The average molecular weight is 230 g/mol. The zero-order valence-corrected chi connectivity index (χ0v) is 10.0. The first kappa shape index (κ1) is 13.4. The van der Waals surface area contributed by atoms with Crippen molar-refractivity contribution in [1.29, 1.82) is 0 Å². The van der Waals surface area contributed by atoms with Crippen LogP contribution in [0, 0.1) is 5.41 Å². The van der Waals surface area contributed by atoms with Crippen molar-refractivity contribution in [1.82, 2.24) is 10.6 Å². The first-order valence-electron chi connectivity index (χ1n) is 5.68. The number of carboxylic acid groups (broad SMARTS) is 1.